The van der Waals surface area contributed by atoms with Gasteiger partial charge in [0, 0.05) is 5.56 Å². The van der Waals surface area contributed by atoms with E-state index in [-0.39, 0.29) is 13.2 Å². The predicted molar refractivity (Wildman–Crippen MR) is 96.6 cm³/mol. The number of hydrogen-bond acceptors (Lipinski definition) is 5. The number of hydrogen-bond donors (Lipinski definition) is 0. The molecule has 0 aliphatic rings. The average molecular weight is 362 g/mol. The number of carbonyl (C=O) groups is 1. The second-order valence-corrected chi connectivity index (χ2v) is 7.47. The van der Waals surface area contributed by atoms with Crippen LogP contribution < -0.4 is 0 Å². The van der Waals surface area contributed by atoms with Crippen molar-refractivity contribution in [3.63, 3.8) is 0 Å². The van der Waals surface area contributed by atoms with Crippen molar-refractivity contribution in [1.82, 2.24) is 0 Å². The van der Waals surface area contributed by atoms with Crippen LogP contribution in [0, 0.1) is 6.92 Å². The van der Waals surface area contributed by atoms with Gasteiger partial charge in [0.15, 0.2) is 0 Å². The molecule has 25 heavy (non-hydrogen) atoms. The van der Waals surface area contributed by atoms with Crippen LogP contribution in [0.4, 0.5) is 0 Å². The van der Waals surface area contributed by atoms with Gasteiger partial charge in [-0.05, 0) is 32.9 Å². The predicted octanol–water partition coefficient (Wildman–Crippen LogP) is 5.12. The molecule has 0 aliphatic carbocycles. The topological polar surface area (TPSA) is 61.8 Å². The highest BCUT2D eigenvalue weighted by Gasteiger charge is 2.40. The Balaban J connectivity index is 2.39. The molecule has 1 unspecified atom stereocenters. The van der Waals surface area contributed by atoms with Crippen molar-refractivity contribution in [1.29, 1.82) is 0 Å². The van der Waals surface area contributed by atoms with E-state index in [0.29, 0.717) is 11.1 Å². The smallest absolute Gasteiger partial charge is 0.375 e. The Morgan fingerprint density at radius 2 is 1.52 bits per heavy atom. The summed E-state index contributed by atoms with van der Waals surface area (Å²) in [7, 11) is -3.68. The summed E-state index contributed by atoms with van der Waals surface area (Å²) in [6.45, 7) is 5.75. The molecule has 0 amide bonds. The summed E-state index contributed by atoms with van der Waals surface area (Å²) in [5.74, 6) is -1.70. The van der Waals surface area contributed by atoms with Gasteiger partial charge in [-0.15, -0.1) is 0 Å². The third-order valence-electron chi connectivity index (χ3n) is 3.50. The molecule has 0 saturated carbocycles. The number of esters is 1. The van der Waals surface area contributed by atoms with Gasteiger partial charge in [-0.3, -0.25) is 4.57 Å². The van der Waals surface area contributed by atoms with E-state index < -0.39 is 19.4 Å². The van der Waals surface area contributed by atoms with Crippen LogP contribution in [0.1, 0.15) is 41.2 Å². The van der Waals surface area contributed by atoms with Crippen LogP contribution in [0.25, 0.3) is 0 Å². The van der Waals surface area contributed by atoms with Crippen LogP contribution in [0.5, 0.6) is 0 Å². The highest BCUT2D eigenvalue weighted by molar-refractivity contribution is 7.54. The van der Waals surface area contributed by atoms with Crippen LogP contribution in [-0.4, -0.2) is 19.2 Å². The molecule has 0 heterocycles. The zero-order valence-corrected chi connectivity index (χ0v) is 15.6. The fourth-order valence-corrected chi connectivity index (χ4v) is 4.15. The van der Waals surface area contributed by atoms with Crippen LogP contribution in [-0.2, 0) is 18.3 Å². The minimum absolute atomic E-state index is 0.183. The zero-order valence-electron chi connectivity index (χ0n) is 14.7. The number of ether oxygens (including phenoxy) is 1. The summed E-state index contributed by atoms with van der Waals surface area (Å²) < 4.78 is 29.6. The van der Waals surface area contributed by atoms with E-state index in [4.69, 9.17) is 13.8 Å². The molecule has 0 aliphatic heterocycles. The van der Waals surface area contributed by atoms with Gasteiger partial charge in [0.05, 0.1) is 18.8 Å². The van der Waals surface area contributed by atoms with Gasteiger partial charge in [-0.25, -0.2) is 4.79 Å². The third kappa shape index (κ3) is 5.02. The van der Waals surface area contributed by atoms with E-state index in [0.717, 1.165) is 5.56 Å². The van der Waals surface area contributed by atoms with E-state index in [1.807, 2.05) is 19.1 Å². The van der Waals surface area contributed by atoms with Crippen LogP contribution in [0.2, 0.25) is 0 Å². The molecule has 1 atom stereocenters. The molecule has 134 valence electrons. The first-order valence-electron chi connectivity index (χ1n) is 8.21. The lowest BCUT2D eigenvalue weighted by molar-refractivity contribution is 0.0364. The molecule has 5 nitrogen and oxygen atoms in total. The number of benzene rings is 2. The second-order valence-electron chi connectivity index (χ2n) is 5.41. The van der Waals surface area contributed by atoms with E-state index >= 15 is 0 Å². The Labute approximate surface area is 148 Å². The van der Waals surface area contributed by atoms with E-state index in [2.05, 4.69) is 0 Å². The average Bonchev–Trinajstić information content (AvgIpc) is 2.61. The SMILES string of the molecule is CCOP(=O)(OCC)C(OC(=O)c1ccccc1)c1ccc(C)cc1. The Hall–Kier alpha value is -1.94. The lowest BCUT2D eigenvalue weighted by Gasteiger charge is -2.26. The summed E-state index contributed by atoms with van der Waals surface area (Å²) in [6.07, 6.45) is 0. The van der Waals surface area contributed by atoms with E-state index in [1.54, 1.807) is 56.3 Å². The number of carbonyl (C=O) groups excluding carboxylic acids is 1. The summed E-state index contributed by atoms with van der Waals surface area (Å²) in [4.78, 5) is 12.5. The van der Waals surface area contributed by atoms with Crippen molar-refractivity contribution >= 4 is 13.6 Å². The van der Waals surface area contributed by atoms with Crippen molar-refractivity contribution in [2.45, 2.75) is 26.6 Å². The van der Waals surface area contributed by atoms with Gasteiger partial charge in [0.2, 0.25) is 5.85 Å². The van der Waals surface area contributed by atoms with Crippen molar-refractivity contribution in [3.05, 3.63) is 71.3 Å². The Morgan fingerprint density at radius 1 is 0.960 bits per heavy atom. The van der Waals surface area contributed by atoms with E-state index in [9.17, 15) is 9.36 Å². The monoisotopic (exact) mass is 362 g/mol. The summed E-state index contributed by atoms with van der Waals surface area (Å²) in [5, 5.41) is 0. The maximum atomic E-state index is 13.2. The molecule has 0 fully saturated rings. The largest absolute Gasteiger partial charge is 0.441 e. The Bertz CT molecular complexity index is 717. The van der Waals surface area contributed by atoms with Crippen molar-refractivity contribution < 1.29 is 23.1 Å². The van der Waals surface area contributed by atoms with Gasteiger partial charge < -0.3 is 13.8 Å². The van der Waals surface area contributed by atoms with Crippen LogP contribution in [0.3, 0.4) is 0 Å². The zero-order chi connectivity index (χ0) is 18.3. The molecule has 0 N–H and O–H groups in total. The van der Waals surface area contributed by atoms with Gasteiger partial charge in [0.25, 0.3) is 0 Å². The molecule has 2 aromatic rings. The van der Waals surface area contributed by atoms with Gasteiger partial charge in [-0.1, -0.05) is 48.0 Å². The highest BCUT2D eigenvalue weighted by Crippen LogP contribution is 2.61. The lowest BCUT2D eigenvalue weighted by Crippen LogP contribution is -2.15. The number of rotatable bonds is 8. The highest BCUT2D eigenvalue weighted by atomic mass is 31.2. The van der Waals surface area contributed by atoms with Gasteiger partial charge in [-0.2, -0.15) is 0 Å². The molecule has 0 bridgehead atoms. The minimum atomic E-state index is -3.68. The second kappa shape index (κ2) is 8.95. The molecule has 2 aromatic carbocycles. The normalized spacial score (nSPS) is 12.6. The third-order valence-corrected chi connectivity index (χ3v) is 5.71. The molecule has 2 rings (SSSR count). The summed E-state index contributed by atoms with van der Waals surface area (Å²) in [5.41, 5.74) is 1.99. The molecule has 6 heteroatoms. The fraction of sp³-hybridized carbons (Fsp3) is 0.316. The van der Waals surface area contributed by atoms with Gasteiger partial charge in [0.1, 0.15) is 0 Å². The van der Waals surface area contributed by atoms with E-state index in [1.165, 1.54) is 0 Å². The molecule has 0 aromatic heterocycles. The first-order valence-corrected chi connectivity index (χ1v) is 9.82. The van der Waals surface area contributed by atoms with Crippen LogP contribution >= 0.6 is 7.60 Å². The minimum Gasteiger partial charge on any atom is -0.441 e. The molecule has 0 spiro atoms. The first-order chi connectivity index (χ1) is 12.0. The maximum absolute atomic E-state index is 13.2. The molecular weight excluding hydrogens is 339 g/mol. The molecular formula is C19H23O5P. The first kappa shape index (κ1) is 19.4. The number of aryl methyl sites for hydroxylation is 1. The molecule has 0 radical (unpaired) electrons. The quantitative estimate of drug-likeness (QED) is 0.482. The standard InChI is InChI=1S/C19H23O5P/c1-4-22-25(21,23-5-2)19(17-13-11-15(3)12-14-17)24-18(20)16-9-7-6-8-10-16/h6-14,19H,4-5H2,1-3H3. The maximum Gasteiger partial charge on any atom is 0.375 e. The summed E-state index contributed by atoms with van der Waals surface area (Å²) in [6, 6.07) is 15.8. The van der Waals surface area contributed by atoms with Crippen molar-refractivity contribution in [2.24, 2.45) is 0 Å². The molecule has 0 saturated heterocycles. The Kier molecular flexibility index (Phi) is 6.94. The summed E-state index contributed by atoms with van der Waals surface area (Å²) >= 11 is 0. The van der Waals surface area contributed by atoms with Crippen molar-refractivity contribution in [3.8, 4) is 0 Å². The lowest BCUT2D eigenvalue weighted by atomic mass is 10.1. The Morgan fingerprint density at radius 3 is 2.04 bits per heavy atom. The van der Waals surface area contributed by atoms with Crippen molar-refractivity contribution in [2.75, 3.05) is 13.2 Å². The van der Waals surface area contributed by atoms with Crippen LogP contribution in [0.15, 0.2) is 54.6 Å². The van der Waals surface area contributed by atoms with Gasteiger partial charge >= 0.3 is 13.6 Å². The fourth-order valence-electron chi connectivity index (χ4n) is 2.32.